The van der Waals surface area contributed by atoms with Crippen LogP contribution in [0.25, 0.3) is 0 Å². The third kappa shape index (κ3) is 44.0. The number of carbonyl (C=O) groups is 2. The third-order valence-corrected chi connectivity index (χ3v) is 10.3. The molecule has 0 aliphatic rings. The summed E-state index contributed by atoms with van der Waals surface area (Å²) in [5, 5.41) is 0. The van der Waals surface area contributed by atoms with Gasteiger partial charge < -0.3 is 48.0 Å². The fourth-order valence-electron chi connectivity index (χ4n) is 6.95. The van der Waals surface area contributed by atoms with Crippen molar-refractivity contribution in [3.8, 4) is 0 Å². The Morgan fingerprint density at radius 1 is 0.358 bits per heavy atom. The summed E-state index contributed by atoms with van der Waals surface area (Å²) in [4.78, 5) is 24.7. The second kappa shape index (κ2) is 41.0. The van der Waals surface area contributed by atoms with Crippen LogP contribution in [0.5, 0.6) is 0 Å². The summed E-state index contributed by atoms with van der Waals surface area (Å²) in [6, 6.07) is 0. The van der Waals surface area contributed by atoms with Crippen molar-refractivity contribution in [2.45, 2.75) is 194 Å². The van der Waals surface area contributed by atoms with Crippen LogP contribution in [0.15, 0.2) is 0 Å². The van der Waals surface area contributed by atoms with Gasteiger partial charge in [-0.3, -0.25) is 0 Å². The van der Waals surface area contributed by atoms with Crippen molar-refractivity contribution in [3.05, 3.63) is 0 Å². The van der Waals surface area contributed by atoms with Crippen LogP contribution in [0.3, 0.4) is 0 Å². The maximum atomic E-state index is 12.4. The SMILES string of the molecule is CCCCCCCCCCCCCCCC[N+](C)(C)CC(=O)OCCOCCOC(=O)C[N+](C)(C)CCCCCCCCCCCCCCCC.[Cl-].[Cl-]. The van der Waals surface area contributed by atoms with Gasteiger partial charge in [0.2, 0.25) is 0 Å². The largest absolute Gasteiger partial charge is 1.00 e. The topological polar surface area (TPSA) is 61.8 Å². The van der Waals surface area contributed by atoms with E-state index < -0.39 is 0 Å². The standard InChI is InChI=1S/C44H90N2O5.2ClH/c1-7-9-11-13-15-17-19-21-23-25-27-29-31-33-35-45(3,4)41-43(47)50-39-37-49-38-40-51-44(48)42-46(5,6)36-34-32-30-28-26-24-22-20-18-16-14-12-10-8-2;;/h7-42H2,1-6H3;2*1H/q+2;;/p-2. The minimum absolute atomic E-state index is 0. The summed E-state index contributed by atoms with van der Waals surface area (Å²) >= 11 is 0. The Balaban J connectivity index is -0.0000125. The number of esters is 2. The molecule has 0 saturated heterocycles. The number of unbranched alkanes of at least 4 members (excludes halogenated alkanes) is 26. The first-order valence-corrected chi connectivity index (χ1v) is 22.1. The summed E-state index contributed by atoms with van der Waals surface area (Å²) in [5.41, 5.74) is 0. The first kappa shape index (κ1) is 56.7. The first-order chi connectivity index (χ1) is 24.6. The highest BCUT2D eigenvalue weighted by Crippen LogP contribution is 2.15. The van der Waals surface area contributed by atoms with E-state index in [0.717, 1.165) is 25.9 Å². The number of halogens is 2. The molecule has 53 heavy (non-hydrogen) atoms. The van der Waals surface area contributed by atoms with E-state index in [1.54, 1.807) is 0 Å². The minimum Gasteiger partial charge on any atom is -1.00 e. The zero-order valence-corrected chi connectivity index (χ0v) is 37.7. The van der Waals surface area contributed by atoms with Crippen LogP contribution in [-0.2, 0) is 23.8 Å². The molecule has 0 saturated carbocycles. The monoisotopic (exact) mass is 797 g/mol. The van der Waals surface area contributed by atoms with Crippen molar-refractivity contribution < 1.29 is 57.6 Å². The van der Waals surface area contributed by atoms with Gasteiger partial charge in [0, 0.05) is 0 Å². The first-order valence-electron chi connectivity index (χ1n) is 22.1. The zero-order valence-electron chi connectivity index (χ0n) is 36.1. The predicted octanol–water partition coefficient (Wildman–Crippen LogP) is 5.21. The zero-order chi connectivity index (χ0) is 37.7. The highest BCUT2D eigenvalue weighted by molar-refractivity contribution is 5.70. The minimum atomic E-state index is -0.181. The Morgan fingerprint density at radius 2 is 0.585 bits per heavy atom. The summed E-state index contributed by atoms with van der Waals surface area (Å²) in [5.74, 6) is -0.363. The van der Waals surface area contributed by atoms with Crippen LogP contribution >= 0.6 is 0 Å². The molecule has 0 radical (unpaired) electrons. The molecular formula is C44H90Cl2N2O5. The predicted molar refractivity (Wildman–Crippen MR) is 217 cm³/mol. The van der Waals surface area contributed by atoms with Crippen molar-refractivity contribution in [1.29, 1.82) is 0 Å². The van der Waals surface area contributed by atoms with Crippen molar-refractivity contribution in [2.24, 2.45) is 0 Å². The molecular weight excluding hydrogens is 707 g/mol. The molecule has 0 unspecified atom stereocenters. The van der Waals surface area contributed by atoms with E-state index >= 15 is 0 Å². The highest BCUT2D eigenvalue weighted by atomic mass is 35.5. The van der Waals surface area contributed by atoms with E-state index in [0.29, 0.717) is 35.3 Å². The van der Waals surface area contributed by atoms with Crippen molar-refractivity contribution in [3.63, 3.8) is 0 Å². The fourth-order valence-corrected chi connectivity index (χ4v) is 6.95. The number of hydrogen-bond donors (Lipinski definition) is 0. The van der Waals surface area contributed by atoms with Gasteiger partial charge in [-0.25, -0.2) is 9.59 Å². The Morgan fingerprint density at radius 3 is 0.830 bits per heavy atom. The van der Waals surface area contributed by atoms with Crippen LogP contribution in [0.4, 0.5) is 0 Å². The molecule has 0 aromatic heterocycles. The van der Waals surface area contributed by atoms with Crippen LogP contribution in [-0.4, -0.2) is 102 Å². The van der Waals surface area contributed by atoms with Gasteiger partial charge in [-0.15, -0.1) is 0 Å². The summed E-state index contributed by atoms with van der Waals surface area (Å²) in [6.45, 7) is 8.39. The molecule has 0 aliphatic heterocycles. The van der Waals surface area contributed by atoms with Gasteiger partial charge in [0.15, 0.2) is 13.1 Å². The van der Waals surface area contributed by atoms with Gasteiger partial charge in [0.25, 0.3) is 0 Å². The number of nitrogens with zero attached hydrogens (tertiary/aromatic N) is 2. The Labute approximate surface area is 342 Å². The Kier molecular flexibility index (Phi) is 43.9. The van der Waals surface area contributed by atoms with Crippen LogP contribution in [0, 0.1) is 0 Å². The summed E-state index contributed by atoms with van der Waals surface area (Å²) < 4.78 is 17.7. The molecule has 0 fully saturated rings. The number of hydrogen-bond acceptors (Lipinski definition) is 5. The third-order valence-electron chi connectivity index (χ3n) is 10.3. The van der Waals surface area contributed by atoms with Gasteiger partial charge in [-0.05, 0) is 25.7 Å². The maximum Gasteiger partial charge on any atom is 0.361 e. The normalized spacial score (nSPS) is 11.6. The molecule has 0 atom stereocenters. The number of quaternary nitrogens is 2. The molecule has 0 spiro atoms. The molecule has 0 rings (SSSR count). The van der Waals surface area contributed by atoms with Gasteiger partial charge in [0.1, 0.15) is 13.2 Å². The molecule has 0 aromatic rings. The molecule has 0 bridgehead atoms. The van der Waals surface area contributed by atoms with E-state index in [1.165, 1.54) is 167 Å². The number of likely N-dealkylation sites (N-methyl/N-ethyl adjacent to an activating group) is 2. The molecule has 0 aliphatic carbocycles. The number of rotatable bonds is 40. The lowest BCUT2D eigenvalue weighted by Crippen LogP contribution is -3.00. The highest BCUT2D eigenvalue weighted by Gasteiger charge is 2.22. The van der Waals surface area contributed by atoms with E-state index in [2.05, 4.69) is 42.0 Å². The van der Waals surface area contributed by atoms with Gasteiger partial charge >= 0.3 is 11.9 Å². The van der Waals surface area contributed by atoms with E-state index in [9.17, 15) is 9.59 Å². The van der Waals surface area contributed by atoms with E-state index in [1.807, 2.05) is 0 Å². The van der Waals surface area contributed by atoms with Crippen molar-refractivity contribution >= 4 is 11.9 Å². The Hall–Kier alpha value is -0.600. The quantitative estimate of drug-likeness (QED) is 0.0485. The lowest BCUT2D eigenvalue weighted by molar-refractivity contribution is -0.883. The molecule has 0 N–H and O–H groups in total. The smallest absolute Gasteiger partial charge is 0.361 e. The molecule has 9 heteroatoms. The van der Waals surface area contributed by atoms with Gasteiger partial charge in [-0.2, -0.15) is 0 Å². The van der Waals surface area contributed by atoms with E-state index in [4.69, 9.17) is 14.2 Å². The Bertz CT molecular complexity index is 723. The lowest BCUT2D eigenvalue weighted by atomic mass is 10.0. The average molecular weight is 798 g/mol. The average Bonchev–Trinajstić information content (AvgIpc) is 3.07. The molecule has 7 nitrogen and oxygen atoms in total. The molecule has 0 amide bonds. The fraction of sp³-hybridized carbons (Fsp3) is 0.955. The molecule has 320 valence electrons. The number of carbonyl (C=O) groups excluding carboxylic acids is 2. The van der Waals surface area contributed by atoms with E-state index in [-0.39, 0.29) is 50.0 Å². The maximum absolute atomic E-state index is 12.4. The second-order valence-corrected chi connectivity index (χ2v) is 16.9. The van der Waals surface area contributed by atoms with Crippen LogP contribution in [0.1, 0.15) is 194 Å². The van der Waals surface area contributed by atoms with Crippen molar-refractivity contribution in [1.82, 2.24) is 0 Å². The van der Waals surface area contributed by atoms with Gasteiger partial charge in [0.05, 0.1) is 54.5 Å². The summed E-state index contributed by atoms with van der Waals surface area (Å²) in [6.07, 6.45) is 38.0. The number of ether oxygens (including phenoxy) is 3. The van der Waals surface area contributed by atoms with Gasteiger partial charge in [-0.1, -0.05) is 168 Å². The lowest BCUT2D eigenvalue weighted by Gasteiger charge is -2.28. The second-order valence-electron chi connectivity index (χ2n) is 16.9. The molecule has 0 aromatic carbocycles. The molecule has 0 heterocycles. The summed E-state index contributed by atoms with van der Waals surface area (Å²) in [7, 11) is 8.42. The van der Waals surface area contributed by atoms with Crippen LogP contribution in [0.2, 0.25) is 0 Å². The van der Waals surface area contributed by atoms with Crippen molar-refractivity contribution in [2.75, 3.05) is 80.8 Å². The van der Waals surface area contributed by atoms with Crippen LogP contribution < -0.4 is 24.8 Å².